The number of carbonyl (C=O) groups excluding carboxylic acids is 1. The van der Waals surface area contributed by atoms with Crippen LogP contribution >= 0.6 is 0 Å². The molecule has 1 fully saturated rings. The standard InChI is InChI=1S/C15H21N5O/c1-11(21)19-5-7-20(8-6-19)12-3-4-14-13(9-12)17-15(10-16)18(14)2/h3-4,9H,5-8,10,16H2,1-2H3. The molecule has 1 aliphatic heterocycles. The van der Waals surface area contributed by atoms with Crippen molar-refractivity contribution in [1.82, 2.24) is 14.5 Å². The molecule has 6 heteroatoms. The van der Waals surface area contributed by atoms with E-state index in [2.05, 4.69) is 28.1 Å². The normalized spacial score (nSPS) is 15.8. The molecule has 2 N–H and O–H groups in total. The topological polar surface area (TPSA) is 67.4 Å². The zero-order valence-electron chi connectivity index (χ0n) is 12.5. The third-order valence-electron chi connectivity index (χ3n) is 4.23. The molecule has 1 aromatic heterocycles. The van der Waals surface area contributed by atoms with Gasteiger partial charge >= 0.3 is 0 Å². The highest BCUT2D eigenvalue weighted by Gasteiger charge is 2.19. The highest BCUT2D eigenvalue weighted by Crippen LogP contribution is 2.23. The summed E-state index contributed by atoms with van der Waals surface area (Å²) in [5.41, 5.74) is 8.94. The lowest BCUT2D eigenvalue weighted by Crippen LogP contribution is -2.48. The molecule has 0 aliphatic carbocycles. The minimum Gasteiger partial charge on any atom is -0.368 e. The summed E-state index contributed by atoms with van der Waals surface area (Å²) >= 11 is 0. The number of benzene rings is 1. The average molecular weight is 287 g/mol. The van der Waals surface area contributed by atoms with E-state index in [4.69, 9.17) is 5.73 Å². The summed E-state index contributed by atoms with van der Waals surface area (Å²) in [6, 6.07) is 6.32. The molecule has 112 valence electrons. The Morgan fingerprint density at radius 1 is 1.29 bits per heavy atom. The van der Waals surface area contributed by atoms with Crippen LogP contribution in [0.1, 0.15) is 12.7 Å². The molecule has 6 nitrogen and oxygen atoms in total. The summed E-state index contributed by atoms with van der Waals surface area (Å²) in [6.07, 6.45) is 0. The monoisotopic (exact) mass is 287 g/mol. The van der Waals surface area contributed by atoms with Gasteiger partial charge < -0.3 is 20.1 Å². The van der Waals surface area contributed by atoms with Gasteiger partial charge in [0, 0.05) is 45.8 Å². The van der Waals surface area contributed by atoms with E-state index in [1.165, 1.54) is 0 Å². The van der Waals surface area contributed by atoms with Crippen LogP contribution in [-0.2, 0) is 18.4 Å². The van der Waals surface area contributed by atoms with E-state index in [-0.39, 0.29) is 5.91 Å². The number of aryl methyl sites for hydroxylation is 1. The van der Waals surface area contributed by atoms with Crippen molar-refractivity contribution in [3.63, 3.8) is 0 Å². The fraction of sp³-hybridized carbons (Fsp3) is 0.467. The van der Waals surface area contributed by atoms with Crippen molar-refractivity contribution < 1.29 is 4.79 Å². The van der Waals surface area contributed by atoms with Crippen molar-refractivity contribution in [2.45, 2.75) is 13.5 Å². The van der Waals surface area contributed by atoms with Crippen LogP contribution in [0.3, 0.4) is 0 Å². The zero-order chi connectivity index (χ0) is 15.0. The van der Waals surface area contributed by atoms with E-state index in [9.17, 15) is 4.79 Å². The SMILES string of the molecule is CC(=O)N1CCN(c2ccc3c(c2)nc(CN)n3C)CC1. The number of amides is 1. The summed E-state index contributed by atoms with van der Waals surface area (Å²) in [6.45, 7) is 5.36. The van der Waals surface area contributed by atoms with Crippen LogP contribution in [0.2, 0.25) is 0 Å². The lowest BCUT2D eigenvalue weighted by Gasteiger charge is -2.35. The number of carbonyl (C=O) groups is 1. The van der Waals surface area contributed by atoms with Gasteiger partial charge in [0.05, 0.1) is 17.6 Å². The summed E-state index contributed by atoms with van der Waals surface area (Å²) in [7, 11) is 1.99. The van der Waals surface area contributed by atoms with E-state index in [1.54, 1.807) is 6.92 Å². The molecule has 0 radical (unpaired) electrons. The number of hydrogen-bond donors (Lipinski definition) is 1. The maximum atomic E-state index is 11.4. The van der Waals surface area contributed by atoms with E-state index in [1.807, 2.05) is 16.5 Å². The second-order valence-corrected chi connectivity index (χ2v) is 5.46. The highest BCUT2D eigenvalue weighted by atomic mass is 16.2. The van der Waals surface area contributed by atoms with E-state index in [0.717, 1.165) is 48.7 Å². The number of fused-ring (bicyclic) bond motifs is 1. The minimum absolute atomic E-state index is 0.155. The molecule has 0 spiro atoms. The lowest BCUT2D eigenvalue weighted by molar-refractivity contribution is -0.129. The van der Waals surface area contributed by atoms with Crippen molar-refractivity contribution in [1.29, 1.82) is 0 Å². The van der Waals surface area contributed by atoms with Crippen LogP contribution in [0.25, 0.3) is 11.0 Å². The number of nitrogens with two attached hydrogens (primary N) is 1. The van der Waals surface area contributed by atoms with Gasteiger partial charge in [-0.25, -0.2) is 4.98 Å². The molecule has 0 atom stereocenters. The number of imidazole rings is 1. The van der Waals surface area contributed by atoms with Gasteiger partial charge in [0.2, 0.25) is 5.91 Å². The van der Waals surface area contributed by atoms with Crippen LogP contribution in [0.5, 0.6) is 0 Å². The van der Waals surface area contributed by atoms with Gasteiger partial charge in [-0.1, -0.05) is 0 Å². The Balaban J connectivity index is 1.83. The molecule has 1 amide bonds. The smallest absolute Gasteiger partial charge is 0.219 e. The largest absolute Gasteiger partial charge is 0.368 e. The number of rotatable bonds is 2. The maximum Gasteiger partial charge on any atom is 0.219 e. The molecule has 1 aromatic carbocycles. The molecule has 1 aliphatic rings. The molecular weight excluding hydrogens is 266 g/mol. The Morgan fingerprint density at radius 3 is 2.62 bits per heavy atom. The van der Waals surface area contributed by atoms with Gasteiger partial charge in [0.25, 0.3) is 0 Å². The van der Waals surface area contributed by atoms with Crippen LogP contribution < -0.4 is 10.6 Å². The van der Waals surface area contributed by atoms with Crippen molar-refractivity contribution in [3.05, 3.63) is 24.0 Å². The number of aromatic nitrogens is 2. The quantitative estimate of drug-likeness (QED) is 0.883. The first kappa shape index (κ1) is 13.9. The molecule has 21 heavy (non-hydrogen) atoms. The highest BCUT2D eigenvalue weighted by molar-refractivity contribution is 5.80. The Bertz CT molecular complexity index is 670. The average Bonchev–Trinajstić information content (AvgIpc) is 2.83. The van der Waals surface area contributed by atoms with Crippen molar-refractivity contribution in [3.8, 4) is 0 Å². The Labute approximate surface area is 124 Å². The molecule has 0 saturated carbocycles. The minimum atomic E-state index is 0.155. The third-order valence-corrected chi connectivity index (χ3v) is 4.23. The molecule has 2 heterocycles. The Hall–Kier alpha value is -2.08. The molecule has 2 aromatic rings. The maximum absolute atomic E-state index is 11.4. The van der Waals surface area contributed by atoms with Gasteiger partial charge in [0.15, 0.2) is 0 Å². The molecule has 0 bridgehead atoms. The van der Waals surface area contributed by atoms with Gasteiger partial charge in [0.1, 0.15) is 5.82 Å². The van der Waals surface area contributed by atoms with Crippen LogP contribution in [0, 0.1) is 0 Å². The lowest BCUT2D eigenvalue weighted by atomic mass is 10.2. The number of nitrogens with zero attached hydrogens (tertiary/aromatic N) is 4. The Kier molecular flexibility index (Phi) is 3.55. The van der Waals surface area contributed by atoms with E-state index in [0.29, 0.717) is 6.54 Å². The van der Waals surface area contributed by atoms with Crippen LogP contribution in [0.15, 0.2) is 18.2 Å². The summed E-state index contributed by atoms with van der Waals surface area (Å²) < 4.78 is 2.03. The fourth-order valence-electron chi connectivity index (χ4n) is 2.90. The van der Waals surface area contributed by atoms with Gasteiger partial charge in [-0.15, -0.1) is 0 Å². The number of anilines is 1. The molecular formula is C15H21N5O. The first-order valence-corrected chi connectivity index (χ1v) is 7.26. The second kappa shape index (κ2) is 5.37. The van der Waals surface area contributed by atoms with Crippen molar-refractivity contribution >= 4 is 22.6 Å². The first-order valence-electron chi connectivity index (χ1n) is 7.26. The van der Waals surface area contributed by atoms with Gasteiger partial charge in [-0.3, -0.25) is 4.79 Å². The summed E-state index contributed by atoms with van der Waals surface area (Å²) in [4.78, 5) is 20.1. The van der Waals surface area contributed by atoms with Crippen LogP contribution in [0.4, 0.5) is 5.69 Å². The second-order valence-electron chi connectivity index (χ2n) is 5.46. The summed E-state index contributed by atoms with van der Waals surface area (Å²) in [5.74, 6) is 1.05. The van der Waals surface area contributed by atoms with Crippen LogP contribution in [-0.4, -0.2) is 46.5 Å². The number of hydrogen-bond acceptors (Lipinski definition) is 4. The zero-order valence-corrected chi connectivity index (χ0v) is 12.5. The van der Waals surface area contributed by atoms with E-state index >= 15 is 0 Å². The van der Waals surface area contributed by atoms with Gasteiger partial charge in [-0.05, 0) is 18.2 Å². The van der Waals surface area contributed by atoms with Crippen molar-refractivity contribution in [2.24, 2.45) is 12.8 Å². The predicted molar refractivity (Wildman–Crippen MR) is 83.1 cm³/mol. The van der Waals surface area contributed by atoms with Gasteiger partial charge in [-0.2, -0.15) is 0 Å². The molecule has 3 rings (SSSR count). The number of piperazine rings is 1. The summed E-state index contributed by atoms with van der Waals surface area (Å²) in [5, 5.41) is 0. The Morgan fingerprint density at radius 2 is 2.00 bits per heavy atom. The molecule has 0 unspecified atom stereocenters. The first-order chi connectivity index (χ1) is 10.1. The predicted octanol–water partition coefficient (Wildman–Crippen LogP) is 0.700. The molecule has 1 saturated heterocycles. The van der Waals surface area contributed by atoms with Crippen molar-refractivity contribution in [2.75, 3.05) is 31.1 Å². The van der Waals surface area contributed by atoms with E-state index < -0.39 is 0 Å². The third kappa shape index (κ3) is 2.47. The fourth-order valence-corrected chi connectivity index (χ4v) is 2.90.